The number of nitrogens with one attached hydrogen (secondary N) is 1. The first-order valence-corrected chi connectivity index (χ1v) is 12.7. The number of methoxy groups -OCH3 is 2. The van der Waals surface area contributed by atoms with Crippen LogP contribution < -0.4 is 19.1 Å². The van der Waals surface area contributed by atoms with Crippen molar-refractivity contribution in [1.82, 2.24) is 5.32 Å². The third-order valence-corrected chi connectivity index (χ3v) is 7.57. The molecule has 1 unspecified atom stereocenters. The molecule has 0 spiro atoms. The first-order chi connectivity index (χ1) is 16.6. The van der Waals surface area contributed by atoms with E-state index in [-0.39, 0.29) is 11.4 Å². The van der Waals surface area contributed by atoms with Gasteiger partial charge in [0.2, 0.25) is 5.91 Å². The number of benzene rings is 3. The van der Waals surface area contributed by atoms with Gasteiger partial charge in [0.05, 0.1) is 30.8 Å². The van der Waals surface area contributed by atoms with E-state index in [1.54, 1.807) is 62.8 Å². The van der Waals surface area contributed by atoms with Gasteiger partial charge in [-0.2, -0.15) is 0 Å². The molecule has 0 radical (unpaired) electrons. The van der Waals surface area contributed by atoms with Gasteiger partial charge in [-0.25, -0.2) is 8.42 Å². The second-order valence-electron chi connectivity index (χ2n) is 8.51. The molecule has 1 N–H and O–H groups in total. The number of hydrogen-bond acceptors (Lipinski definition) is 5. The zero-order chi connectivity index (χ0) is 25.8. The number of amides is 1. The van der Waals surface area contributed by atoms with Gasteiger partial charge in [0, 0.05) is 5.56 Å². The largest absolute Gasteiger partial charge is 0.497 e. The molecule has 0 aliphatic heterocycles. The highest BCUT2D eigenvalue weighted by molar-refractivity contribution is 7.92. The van der Waals surface area contributed by atoms with Crippen LogP contribution in [0.1, 0.15) is 35.2 Å². The van der Waals surface area contributed by atoms with Crippen molar-refractivity contribution in [2.24, 2.45) is 0 Å². The molecular formula is C27H32N2O5S. The minimum Gasteiger partial charge on any atom is -0.497 e. The van der Waals surface area contributed by atoms with Crippen LogP contribution in [0.3, 0.4) is 0 Å². The predicted molar refractivity (Wildman–Crippen MR) is 138 cm³/mol. The summed E-state index contributed by atoms with van der Waals surface area (Å²) in [7, 11) is -0.884. The number of nitrogens with zero attached hydrogens (tertiary/aromatic N) is 1. The Hall–Kier alpha value is -3.52. The maximum Gasteiger partial charge on any atom is 0.264 e. The Labute approximate surface area is 207 Å². The third-order valence-electron chi connectivity index (χ3n) is 5.80. The molecular weight excluding hydrogens is 464 g/mol. The summed E-state index contributed by atoms with van der Waals surface area (Å²) in [4.78, 5) is 13.3. The summed E-state index contributed by atoms with van der Waals surface area (Å²) in [5.41, 5.74) is 3.89. The van der Waals surface area contributed by atoms with Gasteiger partial charge in [0.25, 0.3) is 10.0 Å². The molecule has 3 rings (SSSR count). The van der Waals surface area contributed by atoms with Crippen LogP contribution in [0.5, 0.6) is 11.5 Å². The maximum atomic E-state index is 13.7. The van der Waals surface area contributed by atoms with Crippen LogP contribution in [-0.4, -0.2) is 35.1 Å². The van der Waals surface area contributed by atoms with Crippen molar-refractivity contribution in [3.63, 3.8) is 0 Å². The minimum atomic E-state index is -4.00. The van der Waals surface area contributed by atoms with E-state index in [0.717, 1.165) is 26.6 Å². The fourth-order valence-electron chi connectivity index (χ4n) is 3.90. The maximum absolute atomic E-state index is 13.7. The average Bonchev–Trinajstić information content (AvgIpc) is 2.82. The Morgan fingerprint density at radius 3 is 2.17 bits per heavy atom. The number of aryl methyl sites for hydroxylation is 3. The molecule has 3 aromatic rings. The molecule has 0 fully saturated rings. The molecule has 35 heavy (non-hydrogen) atoms. The topological polar surface area (TPSA) is 84.9 Å². The lowest BCUT2D eigenvalue weighted by Crippen LogP contribution is -2.42. The van der Waals surface area contributed by atoms with Crippen LogP contribution in [-0.2, 0) is 14.8 Å². The predicted octanol–water partition coefficient (Wildman–Crippen LogP) is 4.70. The number of carbonyl (C=O) groups is 1. The van der Waals surface area contributed by atoms with Crippen molar-refractivity contribution in [2.75, 3.05) is 25.1 Å². The van der Waals surface area contributed by atoms with Gasteiger partial charge in [0.15, 0.2) is 0 Å². The summed E-state index contributed by atoms with van der Waals surface area (Å²) in [6, 6.07) is 16.9. The van der Waals surface area contributed by atoms with Crippen molar-refractivity contribution in [2.45, 2.75) is 38.6 Å². The van der Waals surface area contributed by atoms with Gasteiger partial charge in [-0.3, -0.25) is 9.10 Å². The van der Waals surface area contributed by atoms with Crippen LogP contribution in [0.2, 0.25) is 0 Å². The molecule has 1 amide bonds. The lowest BCUT2D eigenvalue weighted by atomic mass is 10.1. The van der Waals surface area contributed by atoms with E-state index < -0.39 is 22.0 Å². The van der Waals surface area contributed by atoms with Crippen LogP contribution in [0.4, 0.5) is 5.69 Å². The summed E-state index contributed by atoms with van der Waals surface area (Å²) < 4.78 is 39.2. The van der Waals surface area contributed by atoms with E-state index in [1.165, 1.54) is 0 Å². The van der Waals surface area contributed by atoms with Crippen LogP contribution >= 0.6 is 0 Å². The monoisotopic (exact) mass is 496 g/mol. The first-order valence-electron chi connectivity index (χ1n) is 11.2. The van der Waals surface area contributed by atoms with E-state index in [9.17, 15) is 13.2 Å². The van der Waals surface area contributed by atoms with E-state index >= 15 is 0 Å². The average molecular weight is 497 g/mol. The van der Waals surface area contributed by atoms with Crippen molar-refractivity contribution in [3.05, 3.63) is 82.9 Å². The van der Waals surface area contributed by atoms with Crippen molar-refractivity contribution in [1.29, 1.82) is 0 Å². The highest BCUT2D eigenvalue weighted by Crippen LogP contribution is 2.30. The van der Waals surface area contributed by atoms with Crippen molar-refractivity contribution < 1.29 is 22.7 Å². The second-order valence-corrected chi connectivity index (χ2v) is 10.4. The minimum absolute atomic E-state index is 0.124. The Kier molecular flexibility index (Phi) is 8.07. The normalized spacial score (nSPS) is 12.1. The van der Waals surface area contributed by atoms with Crippen LogP contribution in [0.15, 0.2) is 65.6 Å². The van der Waals surface area contributed by atoms with Gasteiger partial charge in [-0.15, -0.1) is 0 Å². The summed E-state index contributed by atoms with van der Waals surface area (Å²) in [6.07, 6.45) is 0. The Morgan fingerprint density at radius 2 is 1.57 bits per heavy atom. The fraction of sp³-hybridized carbons (Fsp3) is 0.296. The van der Waals surface area contributed by atoms with Crippen LogP contribution in [0, 0.1) is 20.8 Å². The molecule has 0 bridgehead atoms. The van der Waals surface area contributed by atoms with E-state index in [4.69, 9.17) is 9.47 Å². The molecule has 8 heteroatoms. The molecule has 0 aliphatic carbocycles. The summed E-state index contributed by atoms with van der Waals surface area (Å²) in [5, 5.41) is 2.91. The molecule has 3 aromatic carbocycles. The van der Waals surface area contributed by atoms with Gasteiger partial charge in [0.1, 0.15) is 18.0 Å². The first kappa shape index (κ1) is 26.1. The van der Waals surface area contributed by atoms with Crippen molar-refractivity contribution >= 4 is 21.6 Å². The number of hydrogen-bond donors (Lipinski definition) is 1. The highest BCUT2D eigenvalue weighted by Gasteiger charge is 2.29. The van der Waals surface area contributed by atoms with Crippen molar-refractivity contribution in [3.8, 4) is 11.5 Å². The molecule has 0 heterocycles. The molecule has 0 aromatic heterocycles. The number of carbonyl (C=O) groups excluding carboxylic acids is 1. The fourth-order valence-corrected chi connectivity index (χ4v) is 5.38. The van der Waals surface area contributed by atoms with Gasteiger partial charge >= 0.3 is 0 Å². The summed E-state index contributed by atoms with van der Waals surface area (Å²) >= 11 is 0. The molecule has 0 saturated heterocycles. The molecule has 0 saturated carbocycles. The number of sulfonamides is 1. The summed E-state index contributed by atoms with van der Waals surface area (Å²) in [6.45, 7) is 7.09. The van der Waals surface area contributed by atoms with Crippen LogP contribution in [0.25, 0.3) is 0 Å². The van der Waals surface area contributed by atoms with Gasteiger partial charge in [-0.05, 0) is 69.7 Å². The SMILES string of the molecule is COc1ccc(OC)c(C(C)NC(=O)CN(c2ccc(C)cc2C)S(=O)(=O)c2ccc(C)cc2)c1. The van der Waals surface area contributed by atoms with Gasteiger partial charge in [-0.1, -0.05) is 35.4 Å². The highest BCUT2D eigenvalue weighted by atomic mass is 32.2. The summed E-state index contributed by atoms with van der Waals surface area (Å²) in [5.74, 6) is 0.774. The zero-order valence-corrected chi connectivity index (χ0v) is 21.8. The number of ether oxygens (including phenoxy) is 2. The molecule has 1 atom stereocenters. The lowest BCUT2D eigenvalue weighted by Gasteiger charge is -2.27. The number of rotatable bonds is 9. The standard InChI is InChI=1S/C27H32N2O5S/c1-18-7-11-23(12-8-18)35(31,32)29(25-13-9-19(2)15-20(25)3)17-27(30)28-21(4)24-16-22(33-5)10-14-26(24)34-6/h7-16,21H,17H2,1-6H3,(H,28,30). The van der Waals surface area contributed by atoms with E-state index in [1.807, 2.05) is 39.8 Å². The Morgan fingerprint density at radius 1 is 0.914 bits per heavy atom. The molecule has 7 nitrogen and oxygen atoms in total. The lowest BCUT2D eigenvalue weighted by molar-refractivity contribution is -0.120. The smallest absolute Gasteiger partial charge is 0.264 e. The van der Waals surface area contributed by atoms with Gasteiger partial charge < -0.3 is 14.8 Å². The second kappa shape index (κ2) is 10.8. The quantitative estimate of drug-likeness (QED) is 0.464. The molecule has 0 aliphatic rings. The van der Waals surface area contributed by atoms with E-state index in [0.29, 0.717) is 17.2 Å². The van der Waals surface area contributed by atoms with E-state index in [2.05, 4.69) is 5.32 Å². The Balaban J connectivity index is 1.95. The Bertz CT molecular complexity index is 1300. The zero-order valence-electron chi connectivity index (χ0n) is 21.0. The third kappa shape index (κ3) is 5.95. The molecule has 186 valence electrons. The number of anilines is 1.